The van der Waals surface area contributed by atoms with Gasteiger partial charge in [0.2, 0.25) is 0 Å². The van der Waals surface area contributed by atoms with Gasteiger partial charge in [-0.15, -0.1) is 0 Å². The zero-order valence-electron chi connectivity index (χ0n) is 16.6. The molecular formula is C22H24Cl2N4O2. The van der Waals surface area contributed by atoms with Crippen LogP contribution in [-0.2, 0) is 4.79 Å². The van der Waals surface area contributed by atoms with E-state index in [1.54, 1.807) is 0 Å². The smallest absolute Gasteiger partial charge is 0.263 e. The summed E-state index contributed by atoms with van der Waals surface area (Å²) in [6.07, 6.45) is 6.17. The number of hydrogen-bond donors (Lipinski definition) is 1. The third-order valence-electron chi connectivity index (χ3n) is 5.27. The molecule has 158 valence electrons. The van der Waals surface area contributed by atoms with Crippen LogP contribution in [0.2, 0.25) is 10.0 Å². The van der Waals surface area contributed by atoms with E-state index in [1.165, 1.54) is 0 Å². The molecule has 4 rings (SSSR count). The second-order valence-corrected chi connectivity index (χ2v) is 8.15. The highest BCUT2D eigenvalue weighted by Gasteiger charge is 2.19. The number of halogens is 2. The van der Waals surface area contributed by atoms with E-state index in [9.17, 15) is 4.79 Å². The maximum atomic E-state index is 11.4. The first-order valence-corrected chi connectivity index (χ1v) is 10.9. The van der Waals surface area contributed by atoms with Crippen molar-refractivity contribution in [1.82, 2.24) is 9.88 Å². The highest BCUT2D eigenvalue weighted by atomic mass is 35.5. The van der Waals surface area contributed by atoms with E-state index in [2.05, 4.69) is 26.2 Å². The van der Waals surface area contributed by atoms with Crippen molar-refractivity contribution in [2.24, 2.45) is 0 Å². The topological polar surface area (TPSA) is 57.7 Å². The van der Waals surface area contributed by atoms with Crippen LogP contribution >= 0.6 is 23.2 Å². The highest BCUT2D eigenvalue weighted by Crippen LogP contribution is 2.33. The number of benzene rings is 1. The summed E-state index contributed by atoms with van der Waals surface area (Å²) in [6, 6.07) is 9.53. The number of hydrogen-bond acceptors (Lipinski definition) is 5. The van der Waals surface area contributed by atoms with Crippen LogP contribution in [0, 0.1) is 0 Å². The fourth-order valence-corrected chi connectivity index (χ4v) is 4.07. The van der Waals surface area contributed by atoms with Crippen LogP contribution < -0.4 is 15.0 Å². The molecule has 0 bridgehead atoms. The van der Waals surface area contributed by atoms with Crippen LogP contribution in [0.4, 0.5) is 11.5 Å². The SMILES string of the molecule is O=C1COc2ccc(C=CCCCN3CCN(c4cccc(Cl)c4Cl)CC3)nc2N1. The van der Waals surface area contributed by atoms with Crippen LogP contribution in [0.25, 0.3) is 6.08 Å². The number of ether oxygens (including phenoxy) is 1. The predicted octanol–water partition coefficient (Wildman–Crippen LogP) is 4.33. The minimum Gasteiger partial charge on any atom is -0.480 e. The molecule has 30 heavy (non-hydrogen) atoms. The molecule has 8 heteroatoms. The quantitative estimate of drug-likeness (QED) is 0.668. The second kappa shape index (κ2) is 9.69. The Morgan fingerprint density at radius 3 is 2.80 bits per heavy atom. The van der Waals surface area contributed by atoms with Crippen molar-refractivity contribution in [3.63, 3.8) is 0 Å². The lowest BCUT2D eigenvalue weighted by Crippen LogP contribution is -2.46. The van der Waals surface area contributed by atoms with E-state index < -0.39 is 0 Å². The van der Waals surface area contributed by atoms with Crippen LogP contribution in [0.5, 0.6) is 5.75 Å². The average molecular weight is 447 g/mol. The van der Waals surface area contributed by atoms with Crippen molar-refractivity contribution in [3.8, 4) is 5.75 Å². The van der Waals surface area contributed by atoms with Gasteiger partial charge in [-0.1, -0.05) is 35.3 Å². The number of piperazine rings is 1. The van der Waals surface area contributed by atoms with E-state index >= 15 is 0 Å². The summed E-state index contributed by atoms with van der Waals surface area (Å²) in [7, 11) is 0. The fourth-order valence-electron chi connectivity index (χ4n) is 3.66. The van der Waals surface area contributed by atoms with Gasteiger partial charge in [-0.3, -0.25) is 9.69 Å². The number of aromatic nitrogens is 1. The van der Waals surface area contributed by atoms with Gasteiger partial charge in [0.15, 0.2) is 18.2 Å². The van der Waals surface area contributed by atoms with E-state index in [1.807, 2.05) is 36.4 Å². The predicted molar refractivity (Wildman–Crippen MR) is 122 cm³/mol. The molecule has 2 aromatic rings. The van der Waals surface area contributed by atoms with E-state index in [0.29, 0.717) is 21.6 Å². The zero-order chi connectivity index (χ0) is 20.9. The third kappa shape index (κ3) is 5.06. The summed E-state index contributed by atoms with van der Waals surface area (Å²) in [5.41, 5.74) is 1.83. The number of anilines is 2. The summed E-state index contributed by atoms with van der Waals surface area (Å²) in [6.45, 7) is 5.02. The molecule has 1 fully saturated rings. The van der Waals surface area contributed by atoms with Gasteiger partial charge < -0.3 is 15.0 Å². The van der Waals surface area contributed by atoms with E-state index in [0.717, 1.165) is 56.9 Å². The van der Waals surface area contributed by atoms with Crippen molar-refractivity contribution in [2.45, 2.75) is 12.8 Å². The lowest BCUT2D eigenvalue weighted by atomic mass is 10.2. The number of nitrogens with one attached hydrogen (secondary N) is 1. The third-order valence-corrected chi connectivity index (χ3v) is 6.08. The van der Waals surface area contributed by atoms with Crippen molar-refractivity contribution in [2.75, 3.05) is 49.5 Å². The number of amides is 1. The summed E-state index contributed by atoms with van der Waals surface area (Å²) >= 11 is 12.5. The normalized spacial score (nSPS) is 17.0. The molecule has 2 aliphatic heterocycles. The van der Waals surface area contributed by atoms with Crippen molar-refractivity contribution >= 4 is 46.7 Å². The van der Waals surface area contributed by atoms with Gasteiger partial charge in [0.25, 0.3) is 5.91 Å². The van der Waals surface area contributed by atoms with Crippen molar-refractivity contribution < 1.29 is 9.53 Å². The second-order valence-electron chi connectivity index (χ2n) is 7.37. The fraction of sp³-hybridized carbons (Fsp3) is 0.364. The largest absolute Gasteiger partial charge is 0.480 e. The molecule has 0 unspecified atom stereocenters. The van der Waals surface area contributed by atoms with Crippen LogP contribution in [0.15, 0.2) is 36.4 Å². The van der Waals surface area contributed by atoms with Crippen molar-refractivity contribution in [1.29, 1.82) is 0 Å². The molecule has 0 spiro atoms. The lowest BCUT2D eigenvalue weighted by molar-refractivity contribution is -0.118. The number of pyridine rings is 1. The number of fused-ring (bicyclic) bond motifs is 1. The van der Waals surface area contributed by atoms with Gasteiger partial charge in [0, 0.05) is 26.2 Å². The molecule has 1 aromatic carbocycles. The van der Waals surface area contributed by atoms with Crippen LogP contribution in [-0.4, -0.2) is 55.1 Å². The first-order valence-electron chi connectivity index (χ1n) is 10.1. The molecule has 0 radical (unpaired) electrons. The summed E-state index contributed by atoms with van der Waals surface area (Å²) in [5, 5.41) is 3.97. The maximum Gasteiger partial charge on any atom is 0.263 e. The molecule has 2 aliphatic rings. The Hall–Kier alpha value is -2.28. The minimum absolute atomic E-state index is 0.0459. The highest BCUT2D eigenvalue weighted by molar-refractivity contribution is 6.43. The number of carbonyl (C=O) groups is 1. The molecule has 1 amide bonds. The number of rotatable bonds is 6. The zero-order valence-corrected chi connectivity index (χ0v) is 18.1. The van der Waals surface area contributed by atoms with Gasteiger partial charge in [-0.25, -0.2) is 4.98 Å². The molecule has 1 N–H and O–H groups in total. The Labute approximate surface area is 186 Å². The first-order chi connectivity index (χ1) is 14.6. The van der Waals surface area contributed by atoms with Gasteiger partial charge in [-0.05, 0) is 49.7 Å². The number of unbranched alkanes of at least 4 members (excludes halogenated alkanes) is 1. The lowest BCUT2D eigenvalue weighted by Gasteiger charge is -2.36. The molecule has 6 nitrogen and oxygen atoms in total. The van der Waals surface area contributed by atoms with Gasteiger partial charge in [0.05, 0.1) is 21.4 Å². The Bertz CT molecular complexity index is 943. The monoisotopic (exact) mass is 446 g/mol. The first kappa shape index (κ1) is 21.0. The Kier molecular flexibility index (Phi) is 6.77. The standard InChI is InChI=1S/C22H24Cl2N4O2/c23-17-6-4-7-18(21(17)24)28-13-11-27(12-14-28)10-3-1-2-5-16-8-9-19-22(25-16)26-20(29)15-30-19/h2,4-9H,1,3,10-15H2,(H,25,26,29). The molecule has 1 aromatic heterocycles. The molecule has 1 saturated heterocycles. The van der Waals surface area contributed by atoms with Crippen LogP contribution in [0.3, 0.4) is 0 Å². The Morgan fingerprint density at radius 1 is 1.13 bits per heavy atom. The number of carbonyl (C=O) groups excluding carboxylic acids is 1. The molecule has 0 atom stereocenters. The molecule has 3 heterocycles. The summed E-state index contributed by atoms with van der Waals surface area (Å²) < 4.78 is 5.33. The molecule has 0 saturated carbocycles. The maximum absolute atomic E-state index is 11.4. The summed E-state index contributed by atoms with van der Waals surface area (Å²) in [5.74, 6) is 0.935. The van der Waals surface area contributed by atoms with Crippen molar-refractivity contribution in [3.05, 3.63) is 52.1 Å². The minimum atomic E-state index is -0.172. The average Bonchev–Trinajstić information content (AvgIpc) is 2.76. The molecule has 0 aliphatic carbocycles. The van der Waals surface area contributed by atoms with Gasteiger partial charge in [0.1, 0.15) is 0 Å². The summed E-state index contributed by atoms with van der Waals surface area (Å²) in [4.78, 5) is 20.6. The van der Waals surface area contributed by atoms with Gasteiger partial charge in [-0.2, -0.15) is 0 Å². The number of allylic oxidation sites excluding steroid dienone is 1. The Morgan fingerprint density at radius 2 is 1.97 bits per heavy atom. The molecular weight excluding hydrogens is 423 g/mol. The van der Waals surface area contributed by atoms with E-state index in [4.69, 9.17) is 27.9 Å². The van der Waals surface area contributed by atoms with Gasteiger partial charge >= 0.3 is 0 Å². The Balaban J connectivity index is 1.20. The number of nitrogens with zero attached hydrogens (tertiary/aromatic N) is 3. The van der Waals surface area contributed by atoms with E-state index in [-0.39, 0.29) is 12.5 Å². The van der Waals surface area contributed by atoms with Crippen LogP contribution in [0.1, 0.15) is 18.5 Å².